The average molecular weight is 408 g/mol. The fourth-order valence-corrected chi connectivity index (χ4v) is 3.23. The van der Waals surface area contributed by atoms with E-state index in [-0.39, 0.29) is 23.8 Å². The molecule has 0 atom stereocenters. The van der Waals surface area contributed by atoms with E-state index in [4.69, 9.17) is 5.11 Å². The Morgan fingerprint density at radius 3 is 2.60 bits per heavy atom. The van der Waals surface area contributed by atoms with Crippen LogP contribution in [0.1, 0.15) is 50.5 Å². The van der Waals surface area contributed by atoms with Crippen molar-refractivity contribution in [3.63, 3.8) is 0 Å². The summed E-state index contributed by atoms with van der Waals surface area (Å²) in [6.45, 7) is 5.86. The van der Waals surface area contributed by atoms with E-state index in [0.717, 1.165) is 16.8 Å². The Kier molecular flexibility index (Phi) is 6.15. The summed E-state index contributed by atoms with van der Waals surface area (Å²) in [6.07, 6.45) is 2.45. The summed E-state index contributed by atoms with van der Waals surface area (Å²) in [7, 11) is 0. The maximum Gasteiger partial charge on any atom is 0.335 e. The minimum atomic E-state index is -1.05. The van der Waals surface area contributed by atoms with Crippen molar-refractivity contribution in [1.82, 2.24) is 14.7 Å². The molecule has 0 bridgehead atoms. The Morgan fingerprint density at radius 2 is 1.87 bits per heavy atom. The van der Waals surface area contributed by atoms with Crippen LogP contribution in [0.15, 0.2) is 36.5 Å². The lowest BCUT2D eigenvalue weighted by Gasteiger charge is -2.10. The lowest BCUT2D eigenvalue weighted by atomic mass is 10.1. The van der Waals surface area contributed by atoms with Gasteiger partial charge in [0.2, 0.25) is 5.91 Å². The van der Waals surface area contributed by atoms with Gasteiger partial charge < -0.3 is 15.7 Å². The lowest BCUT2D eigenvalue weighted by molar-refractivity contribution is -0.116. The van der Waals surface area contributed by atoms with E-state index < -0.39 is 5.97 Å². The van der Waals surface area contributed by atoms with E-state index in [1.807, 2.05) is 19.1 Å². The number of hydrogen-bond acceptors (Lipinski definition) is 4. The van der Waals surface area contributed by atoms with Crippen LogP contribution in [0.4, 0.5) is 5.69 Å². The molecule has 0 unspecified atom stereocenters. The first kappa shape index (κ1) is 21.0. The molecule has 3 rings (SSSR count). The number of aromatic nitrogens is 2. The number of imidazole rings is 1. The summed E-state index contributed by atoms with van der Waals surface area (Å²) in [5.41, 5.74) is 4.23. The number of anilines is 1. The Balaban J connectivity index is 1.54. The zero-order chi connectivity index (χ0) is 21.8. The molecule has 0 aliphatic heterocycles. The number of amides is 2. The van der Waals surface area contributed by atoms with Crippen LogP contribution in [0.3, 0.4) is 0 Å². The van der Waals surface area contributed by atoms with Crippen molar-refractivity contribution >= 4 is 29.1 Å². The summed E-state index contributed by atoms with van der Waals surface area (Å²) in [5, 5.41) is 14.6. The van der Waals surface area contributed by atoms with Gasteiger partial charge in [-0.05, 0) is 56.5 Å². The second kappa shape index (κ2) is 8.77. The zero-order valence-electron chi connectivity index (χ0n) is 17.2. The molecular weight excluding hydrogens is 384 g/mol. The maximum absolute atomic E-state index is 12.6. The van der Waals surface area contributed by atoms with E-state index in [2.05, 4.69) is 15.6 Å². The number of carboxylic acid groups (broad SMARTS) is 1. The van der Waals surface area contributed by atoms with Gasteiger partial charge in [0.05, 0.1) is 11.3 Å². The first-order valence-corrected chi connectivity index (χ1v) is 9.64. The van der Waals surface area contributed by atoms with Gasteiger partial charge in [0.1, 0.15) is 11.3 Å². The van der Waals surface area contributed by atoms with Crippen molar-refractivity contribution in [2.45, 2.75) is 33.6 Å². The molecule has 3 aromatic rings. The molecule has 0 saturated heterocycles. The van der Waals surface area contributed by atoms with E-state index in [9.17, 15) is 14.4 Å². The van der Waals surface area contributed by atoms with Gasteiger partial charge in [0, 0.05) is 24.8 Å². The van der Waals surface area contributed by atoms with Crippen molar-refractivity contribution in [2.75, 3.05) is 11.9 Å². The normalized spacial score (nSPS) is 10.8. The third kappa shape index (κ3) is 4.48. The number of rotatable bonds is 7. The number of fused-ring (bicyclic) bond motifs is 1. The Bertz CT molecular complexity index is 1130. The number of aryl methyl sites for hydroxylation is 3. The van der Waals surface area contributed by atoms with Crippen LogP contribution in [0.2, 0.25) is 0 Å². The summed E-state index contributed by atoms with van der Waals surface area (Å²) < 4.78 is 1.77. The molecule has 0 fully saturated rings. The molecule has 2 amide bonds. The number of carbonyl (C=O) groups is 3. The molecule has 2 heterocycles. The topological polar surface area (TPSA) is 113 Å². The third-order valence-corrected chi connectivity index (χ3v) is 4.86. The summed E-state index contributed by atoms with van der Waals surface area (Å²) >= 11 is 0. The second-order valence-electron chi connectivity index (χ2n) is 7.17. The van der Waals surface area contributed by atoms with Gasteiger partial charge in [0.15, 0.2) is 0 Å². The van der Waals surface area contributed by atoms with Crippen molar-refractivity contribution < 1.29 is 19.5 Å². The highest BCUT2D eigenvalue weighted by molar-refractivity contribution is 5.95. The number of aromatic carboxylic acids is 1. The van der Waals surface area contributed by atoms with Gasteiger partial charge in [0.25, 0.3) is 5.91 Å². The smallest absolute Gasteiger partial charge is 0.335 e. The number of hydrogen-bond donors (Lipinski definition) is 3. The fraction of sp³-hybridized carbons (Fsp3) is 0.273. The Labute approximate surface area is 173 Å². The highest BCUT2D eigenvalue weighted by Gasteiger charge is 2.17. The Morgan fingerprint density at radius 1 is 1.10 bits per heavy atom. The van der Waals surface area contributed by atoms with Crippen molar-refractivity contribution in [1.29, 1.82) is 0 Å². The lowest BCUT2D eigenvalue weighted by Crippen LogP contribution is -2.27. The molecule has 0 saturated carbocycles. The molecule has 30 heavy (non-hydrogen) atoms. The average Bonchev–Trinajstić information content (AvgIpc) is 3.04. The highest BCUT2D eigenvalue weighted by atomic mass is 16.4. The first-order valence-electron chi connectivity index (χ1n) is 9.64. The monoisotopic (exact) mass is 408 g/mol. The van der Waals surface area contributed by atoms with Gasteiger partial charge in [-0.15, -0.1) is 0 Å². The van der Waals surface area contributed by atoms with Crippen LogP contribution in [-0.4, -0.2) is 38.8 Å². The van der Waals surface area contributed by atoms with Crippen LogP contribution in [-0.2, 0) is 4.79 Å². The molecule has 0 aliphatic rings. The van der Waals surface area contributed by atoms with Crippen molar-refractivity contribution in [3.05, 3.63) is 64.6 Å². The molecule has 0 radical (unpaired) electrons. The van der Waals surface area contributed by atoms with Crippen LogP contribution in [0.25, 0.3) is 5.65 Å². The van der Waals surface area contributed by atoms with Gasteiger partial charge in [-0.25, -0.2) is 9.78 Å². The minimum absolute atomic E-state index is 0.113. The number of carbonyl (C=O) groups excluding carboxylic acids is 2. The van der Waals surface area contributed by atoms with Gasteiger partial charge in [-0.3, -0.25) is 14.0 Å². The zero-order valence-corrected chi connectivity index (χ0v) is 17.2. The number of carboxylic acids is 1. The number of nitrogens with zero attached hydrogens (tertiary/aromatic N) is 2. The van der Waals surface area contributed by atoms with Crippen LogP contribution in [0, 0.1) is 20.8 Å². The van der Waals surface area contributed by atoms with Gasteiger partial charge in [-0.1, -0.05) is 12.1 Å². The van der Waals surface area contributed by atoms with E-state index in [0.29, 0.717) is 30.0 Å². The second-order valence-corrected chi connectivity index (χ2v) is 7.17. The molecule has 156 valence electrons. The number of pyridine rings is 1. The van der Waals surface area contributed by atoms with E-state index >= 15 is 0 Å². The van der Waals surface area contributed by atoms with Crippen molar-refractivity contribution in [3.8, 4) is 0 Å². The number of nitrogens with one attached hydrogen (secondary N) is 2. The summed E-state index contributed by atoms with van der Waals surface area (Å²) in [4.78, 5) is 40.4. The maximum atomic E-state index is 12.6. The van der Waals surface area contributed by atoms with Gasteiger partial charge in [-0.2, -0.15) is 0 Å². The van der Waals surface area contributed by atoms with E-state index in [1.54, 1.807) is 30.5 Å². The van der Waals surface area contributed by atoms with Crippen LogP contribution < -0.4 is 10.6 Å². The van der Waals surface area contributed by atoms with E-state index in [1.165, 1.54) is 12.1 Å². The molecule has 1 aromatic carbocycles. The SMILES string of the molecule is Cc1ccc(C(=O)O)cc1NC(=O)CCCNC(=O)c1c(C)nc2c(C)cccn12. The third-order valence-electron chi connectivity index (χ3n) is 4.86. The molecular formula is C22H24N4O4. The largest absolute Gasteiger partial charge is 0.478 e. The molecule has 8 nitrogen and oxygen atoms in total. The summed E-state index contributed by atoms with van der Waals surface area (Å²) in [6, 6.07) is 8.39. The molecule has 8 heteroatoms. The molecule has 3 N–H and O–H groups in total. The minimum Gasteiger partial charge on any atom is -0.478 e. The fourth-order valence-electron chi connectivity index (χ4n) is 3.23. The molecule has 2 aromatic heterocycles. The van der Waals surface area contributed by atoms with Crippen LogP contribution >= 0.6 is 0 Å². The molecule has 0 spiro atoms. The van der Waals surface area contributed by atoms with Crippen LogP contribution in [0.5, 0.6) is 0 Å². The first-order chi connectivity index (χ1) is 14.3. The number of benzene rings is 1. The van der Waals surface area contributed by atoms with Gasteiger partial charge >= 0.3 is 5.97 Å². The quantitative estimate of drug-likeness (QED) is 0.520. The Hall–Kier alpha value is -3.68. The summed E-state index contributed by atoms with van der Waals surface area (Å²) in [5.74, 6) is -1.53. The van der Waals surface area contributed by atoms with Crippen molar-refractivity contribution in [2.24, 2.45) is 0 Å². The molecule has 0 aliphatic carbocycles. The predicted molar refractivity (Wildman–Crippen MR) is 113 cm³/mol. The standard InChI is InChI=1S/C22H24N4O4/c1-13-8-9-16(22(29)30)12-17(13)25-18(27)7-4-10-23-21(28)19-15(3)24-20-14(2)6-5-11-26(19)20/h5-6,8-9,11-12H,4,7,10H2,1-3H3,(H,23,28)(H,25,27)(H,29,30). The highest BCUT2D eigenvalue weighted by Crippen LogP contribution is 2.18. The predicted octanol–water partition coefficient (Wildman–Crippen LogP) is 3.11.